The molecule has 1 N–H and O–H groups in total. The van der Waals surface area contributed by atoms with E-state index in [9.17, 15) is 13.6 Å². The van der Waals surface area contributed by atoms with E-state index in [0.717, 1.165) is 18.6 Å². The summed E-state index contributed by atoms with van der Waals surface area (Å²) in [5.74, 6) is -2.29. The fourth-order valence-corrected chi connectivity index (χ4v) is 2.32. The van der Waals surface area contributed by atoms with Gasteiger partial charge in [-0.3, -0.25) is 9.48 Å². The van der Waals surface area contributed by atoms with Crippen LogP contribution in [0.1, 0.15) is 21.6 Å². The Balaban J connectivity index is 1.54. The lowest BCUT2D eigenvalue weighted by Crippen LogP contribution is -2.23. The predicted octanol–water partition coefficient (Wildman–Crippen LogP) is 2.73. The molecular weight excluding hydrogens is 326 g/mol. The SMILES string of the molecule is O=C(NCc1ccc(F)c(F)c1)c1cn(CCc2ccccc2)nn1. The van der Waals surface area contributed by atoms with Crippen molar-refractivity contribution in [3.8, 4) is 0 Å². The van der Waals surface area contributed by atoms with E-state index in [0.29, 0.717) is 12.1 Å². The number of hydrogen-bond donors (Lipinski definition) is 1. The molecule has 0 aliphatic rings. The molecule has 0 saturated carbocycles. The van der Waals surface area contributed by atoms with Crippen molar-refractivity contribution in [2.75, 3.05) is 0 Å². The zero-order chi connectivity index (χ0) is 17.6. The molecule has 0 atom stereocenters. The summed E-state index contributed by atoms with van der Waals surface area (Å²) in [5, 5.41) is 10.4. The minimum absolute atomic E-state index is 0.0763. The van der Waals surface area contributed by atoms with Gasteiger partial charge in [-0.2, -0.15) is 0 Å². The van der Waals surface area contributed by atoms with E-state index in [4.69, 9.17) is 0 Å². The smallest absolute Gasteiger partial charge is 0.273 e. The number of rotatable bonds is 6. The van der Waals surface area contributed by atoms with Gasteiger partial charge in [-0.05, 0) is 29.7 Å². The summed E-state index contributed by atoms with van der Waals surface area (Å²) in [7, 11) is 0. The van der Waals surface area contributed by atoms with Gasteiger partial charge in [-0.1, -0.05) is 41.6 Å². The summed E-state index contributed by atoms with van der Waals surface area (Å²) >= 11 is 0. The quantitative estimate of drug-likeness (QED) is 0.749. The topological polar surface area (TPSA) is 59.8 Å². The first-order valence-electron chi connectivity index (χ1n) is 7.78. The molecule has 0 radical (unpaired) electrons. The third-order valence-corrected chi connectivity index (χ3v) is 3.68. The van der Waals surface area contributed by atoms with Gasteiger partial charge in [0.2, 0.25) is 0 Å². The third-order valence-electron chi connectivity index (χ3n) is 3.68. The molecule has 0 spiro atoms. The standard InChI is InChI=1S/C18H16F2N4O/c19-15-7-6-14(10-16(15)20)11-21-18(25)17-12-24(23-22-17)9-8-13-4-2-1-3-5-13/h1-7,10,12H,8-9,11H2,(H,21,25). The highest BCUT2D eigenvalue weighted by Gasteiger charge is 2.11. The van der Waals surface area contributed by atoms with Gasteiger partial charge in [0, 0.05) is 13.1 Å². The number of halogens is 2. The first-order valence-corrected chi connectivity index (χ1v) is 7.78. The predicted molar refractivity (Wildman–Crippen MR) is 87.7 cm³/mol. The third kappa shape index (κ3) is 4.47. The highest BCUT2D eigenvalue weighted by molar-refractivity contribution is 5.91. The average molecular weight is 342 g/mol. The fourth-order valence-electron chi connectivity index (χ4n) is 2.32. The number of aryl methyl sites for hydroxylation is 2. The Bertz CT molecular complexity index is 865. The molecule has 5 nitrogen and oxygen atoms in total. The molecule has 3 aromatic rings. The van der Waals surface area contributed by atoms with Gasteiger partial charge in [-0.25, -0.2) is 8.78 Å². The number of hydrogen-bond acceptors (Lipinski definition) is 3. The molecule has 3 rings (SSSR count). The van der Waals surface area contributed by atoms with Gasteiger partial charge in [0.25, 0.3) is 5.91 Å². The maximum atomic E-state index is 13.1. The molecule has 0 aliphatic heterocycles. The highest BCUT2D eigenvalue weighted by Crippen LogP contribution is 2.08. The number of carbonyl (C=O) groups excluding carboxylic acids is 1. The number of amides is 1. The molecule has 1 aromatic heterocycles. The van der Waals surface area contributed by atoms with E-state index >= 15 is 0 Å². The van der Waals surface area contributed by atoms with Gasteiger partial charge < -0.3 is 5.32 Å². The number of carbonyl (C=O) groups is 1. The van der Waals surface area contributed by atoms with Crippen molar-refractivity contribution < 1.29 is 13.6 Å². The monoisotopic (exact) mass is 342 g/mol. The Morgan fingerprint density at radius 1 is 1.04 bits per heavy atom. The summed E-state index contributed by atoms with van der Waals surface area (Å²) in [6.45, 7) is 0.681. The van der Waals surface area contributed by atoms with Crippen molar-refractivity contribution in [3.05, 3.63) is 83.2 Å². The van der Waals surface area contributed by atoms with Crippen LogP contribution in [0.3, 0.4) is 0 Å². The largest absolute Gasteiger partial charge is 0.347 e. The van der Waals surface area contributed by atoms with Crippen LogP contribution in [0.15, 0.2) is 54.7 Å². The lowest BCUT2D eigenvalue weighted by Gasteiger charge is -2.03. The molecule has 0 unspecified atom stereocenters. The molecule has 0 bridgehead atoms. The summed E-state index contributed by atoms with van der Waals surface area (Å²) in [6.07, 6.45) is 2.34. The second kappa shape index (κ2) is 7.65. The molecule has 2 aromatic carbocycles. The van der Waals surface area contributed by atoms with Crippen LogP contribution in [0.4, 0.5) is 8.78 Å². The Hall–Kier alpha value is -3.09. The van der Waals surface area contributed by atoms with Crippen LogP contribution in [0.2, 0.25) is 0 Å². The van der Waals surface area contributed by atoms with Crippen LogP contribution in [0.25, 0.3) is 0 Å². The Morgan fingerprint density at radius 3 is 2.60 bits per heavy atom. The highest BCUT2D eigenvalue weighted by atomic mass is 19.2. The number of nitrogens with zero attached hydrogens (tertiary/aromatic N) is 3. The van der Waals surface area contributed by atoms with E-state index in [1.165, 1.54) is 11.6 Å². The molecule has 25 heavy (non-hydrogen) atoms. The van der Waals surface area contributed by atoms with Crippen LogP contribution in [0.5, 0.6) is 0 Å². The summed E-state index contributed by atoms with van der Waals surface area (Å²) in [6, 6.07) is 13.4. The maximum Gasteiger partial charge on any atom is 0.273 e. The van der Waals surface area contributed by atoms with Crippen molar-refractivity contribution in [1.82, 2.24) is 20.3 Å². The van der Waals surface area contributed by atoms with Crippen LogP contribution in [-0.4, -0.2) is 20.9 Å². The minimum Gasteiger partial charge on any atom is -0.347 e. The van der Waals surface area contributed by atoms with E-state index in [2.05, 4.69) is 15.6 Å². The molecule has 128 valence electrons. The van der Waals surface area contributed by atoms with Gasteiger partial charge in [-0.15, -0.1) is 5.10 Å². The molecular formula is C18H16F2N4O. The van der Waals surface area contributed by atoms with E-state index in [-0.39, 0.29) is 12.2 Å². The minimum atomic E-state index is -0.946. The number of aromatic nitrogens is 3. The van der Waals surface area contributed by atoms with Crippen molar-refractivity contribution in [2.45, 2.75) is 19.5 Å². The van der Waals surface area contributed by atoms with E-state index in [1.807, 2.05) is 30.3 Å². The van der Waals surface area contributed by atoms with Crippen molar-refractivity contribution in [2.24, 2.45) is 0 Å². The molecule has 0 aliphatic carbocycles. The molecule has 1 amide bonds. The van der Waals surface area contributed by atoms with E-state index in [1.54, 1.807) is 10.9 Å². The van der Waals surface area contributed by atoms with Gasteiger partial charge in [0.1, 0.15) is 0 Å². The number of benzene rings is 2. The first kappa shape index (κ1) is 16.8. The van der Waals surface area contributed by atoms with E-state index < -0.39 is 17.5 Å². The first-order chi connectivity index (χ1) is 12.1. The lowest BCUT2D eigenvalue weighted by atomic mass is 10.1. The second-order valence-corrected chi connectivity index (χ2v) is 5.53. The Morgan fingerprint density at radius 2 is 1.84 bits per heavy atom. The lowest BCUT2D eigenvalue weighted by molar-refractivity contribution is 0.0945. The molecule has 7 heteroatoms. The number of nitrogens with one attached hydrogen (secondary N) is 1. The maximum absolute atomic E-state index is 13.1. The fraction of sp³-hybridized carbons (Fsp3) is 0.167. The molecule has 0 saturated heterocycles. The summed E-state index contributed by atoms with van der Waals surface area (Å²) in [4.78, 5) is 12.1. The summed E-state index contributed by atoms with van der Waals surface area (Å²) in [5.41, 5.74) is 1.81. The second-order valence-electron chi connectivity index (χ2n) is 5.53. The van der Waals surface area contributed by atoms with Crippen LogP contribution in [0, 0.1) is 11.6 Å². The van der Waals surface area contributed by atoms with Crippen molar-refractivity contribution >= 4 is 5.91 Å². The van der Waals surface area contributed by atoms with Crippen LogP contribution < -0.4 is 5.32 Å². The van der Waals surface area contributed by atoms with Gasteiger partial charge >= 0.3 is 0 Å². The van der Waals surface area contributed by atoms with Crippen LogP contribution in [-0.2, 0) is 19.5 Å². The summed E-state index contributed by atoms with van der Waals surface area (Å²) < 4.78 is 27.6. The van der Waals surface area contributed by atoms with Crippen molar-refractivity contribution in [3.63, 3.8) is 0 Å². The van der Waals surface area contributed by atoms with Gasteiger partial charge in [0.05, 0.1) is 6.20 Å². The zero-order valence-electron chi connectivity index (χ0n) is 13.3. The average Bonchev–Trinajstić information content (AvgIpc) is 3.11. The Labute approximate surface area is 143 Å². The normalized spacial score (nSPS) is 10.6. The Kier molecular flexibility index (Phi) is 5.13. The zero-order valence-corrected chi connectivity index (χ0v) is 13.3. The van der Waals surface area contributed by atoms with Crippen LogP contribution >= 0.6 is 0 Å². The van der Waals surface area contributed by atoms with Crippen molar-refractivity contribution in [1.29, 1.82) is 0 Å². The van der Waals surface area contributed by atoms with Gasteiger partial charge in [0.15, 0.2) is 17.3 Å². The molecule has 1 heterocycles. The molecule has 0 fully saturated rings.